The number of rotatable bonds is 5. The van der Waals surface area contributed by atoms with Gasteiger partial charge in [-0.1, -0.05) is 53.4 Å². The van der Waals surface area contributed by atoms with Crippen LogP contribution in [-0.4, -0.2) is 4.87 Å². The molecule has 0 rings (SSSR count). The summed E-state index contributed by atoms with van der Waals surface area (Å²) >= 11 is 5.53. The van der Waals surface area contributed by atoms with Crippen molar-refractivity contribution in [3.05, 3.63) is 0 Å². The maximum Gasteiger partial charge on any atom is 0.0362 e. The van der Waals surface area contributed by atoms with Crippen LogP contribution in [-0.2, 0) is 0 Å². The summed E-state index contributed by atoms with van der Waals surface area (Å²) in [4.78, 5) is -0.0278. The van der Waals surface area contributed by atoms with E-state index in [9.17, 15) is 0 Å². The van der Waals surface area contributed by atoms with Gasteiger partial charge < -0.3 is 0 Å². The van der Waals surface area contributed by atoms with Gasteiger partial charge in [-0.3, -0.25) is 0 Å². The molecule has 0 aromatic carbocycles. The van der Waals surface area contributed by atoms with Crippen LogP contribution in [0.25, 0.3) is 0 Å². The van der Waals surface area contributed by atoms with Crippen LogP contribution in [0, 0.1) is 11.8 Å². The van der Waals surface area contributed by atoms with Gasteiger partial charge in [0.05, 0.1) is 0 Å². The van der Waals surface area contributed by atoms with Gasteiger partial charge in [-0.25, -0.2) is 0 Å². The predicted octanol–water partition coefficient (Wildman–Crippen LogP) is 5.88. The van der Waals surface area contributed by atoms with E-state index in [-0.39, 0.29) is 4.87 Å². The summed E-state index contributed by atoms with van der Waals surface area (Å²) in [5, 5.41) is 0. The van der Waals surface area contributed by atoms with Gasteiger partial charge in [0.2, 0.25) is 0 Å². The molecule has 0 fully saturated rings. The Kier molecular flexibility index (Phi) is 11.2. The van der Waals surface area contributed by atoms with Gasteiger partial charge in [-0.15, -0.1) is 11.6 Å². The Bertz CT molecular complexity index is 104. The van der Waals surface area contributed by atoms with E-state index in [0.29, 0.717) is 0 Å². The average molecular weight is 235 g/mol. The van der Waals surface area contributed by atoms with E-state index in [4.69, 9.17) is 11.6 Å². The highest BCUT2D eigenvalue weighted by Crippen LogP contribution is 2.11. The summed E-state index contributed by atoms with van der Waals surface area (Å²) in [7, 11) is 0. The number of hydrogen-bond donors (Lipinski definition) is 0. The first-order valence-corrected chi connectivity index (χ1v) is 6.69. The second kappa shape index (κ2) is 9.51. The van der Waals surface area contributed by atoms with Crippen molar-refractivity contribution in [2.45, 2.75) is 79.0 Å². The fraction of sp³-hybridized carbons (Fsp3) is 1.00. The highest BCUT2D eigenvalue weighted by atomic mass is 35.5. The Balaban J connectivity index is 0. The number of hydrogen-bond acceptors (Lipinski definition) is 0. The van der Waals surface area contributed by atoms with E-state index in [1.807, 2.05) is 20.8 Å². The molecular formula is C14H31Cl. The minimum atomic E-state index is -0.0278. The van der Waals surface area contributed by atoms with Crippen molar-refractivity contribution < 1.29 is 0 Å². The van der Waals surface area contributed by atoms with Gasteiger partial charge in [0.25, 0.3) is 0 Å². The highest BCUT2D eigenvalue weighted by Gasteiger charge is 1.99. The van der Waals surface area contributed by atoms with Crippen molar-refractivity contribution in [2.24, 2.45) is 11.8 Å². The minimum absolute atomic E-state index is 0.0278. The fourth-order valence-electron chi connectivity index (χ4n) is 1.11. The van der Waals surface area contributed by atoms with E-state index in [1.54, 1.807) is 0 Å². The van der Waals surface area contributed by atoms with Gasteiger partial charge in [-0.05, 0) is 32.6 Å². The first-order valence-electron chi connectivity index (χ1n) is 6.31. The molecule has 0 radical (unpaired) electrons. The van der Waals surface area contributed by atoms with Crippen LogP contribution >= 0.6 is 11.6 Å². The van der Waals surface area contributed by atoms with Crippen LogP contribution < -0.4 is 0 Å². The summed E-state index contributed by atoms with van der Waals surface area (Å²) in [6.07, 6.45) is 5.67. The molecule has 0 bridgehead atoms. The molecular weight excluding hydrogens is 204 g/mol. The Morgan fingerprint density at radius 2 is 1.00 bits per heavy atom. The molecule has 0 heterocycles. The Labute approximate surface area is 103 Å². The summed E-state index contributed by atoms with van der Waals surface area (Å²) < 4.78 is 0. The maximum absolute atomic E-state index is 5.53. The molecule has 0 nitrogen and oxygen atoms in total. The second-order valence-corrected chi connectivity index (χ2v) is 7.27. The Morgan fingerprint density at radius 1 is 0.800 bits per heavy atom. The van der Waals surface area contributed by atoms with Crippen molar-refractivity contribution in [3.63, 3.8) is 0 Å². The van der Waals surface area contributed by atoms with Crippen LogP contribution in [0.4, 0.5) is 0 Å². The largest absolute Gasteiger partial charge is 0.120 e. The normalized spacial score (nSPS) is 11.6. The zero-order valence-electron chi connectivity index (χ0n) is 11.9. The molecule has 0 spiro atoms. The Morgan fingerprint density at radius 3 is 1.13 bits per heavy atom. The molecule has 0 atom stereocenters. The summed E-state index contributed by atoms with van der Waals surface area (Å²) in [5.41, 5.74) is 0. The van der Waals surface area contributed by atoms with E-state index in [0.717, 1.165) is 11.8 Å². The smallest absolute Gasteiger partial charge is 0.0362 e. The maximum atomic E-state index is 5.53. The zero-order chi connectivity index (χ0) is 12.5. The van der Waals surface area contributed by atoms with E-state index in [2.05, 4.69) is 27.7 Å². The van der Waals surface area contributed by atoms with Crippen molar-refractivity contribution in [1.82, 2.24) is 0 Å². The lowest BCUT2D eigenvalue weighted by Gasteiger charge is -2.05. The van der Waals surface area contributed by atoms with Gasteiger partial charge in [0.1, 0.15) is 0 Å². The molecule has 94 valence electrons. The molecule has 0 unspecified atom stereocenters. The SMILES string of the molecule is CC(C)(C)Cl.CC(C)CCCCC(C)C. The quantitative estimate of drug-likeness (QED) is 0.412. The lowest BCUT2D eigenvalue weighted by Crippen LogP contribution is -1.99. The zero-order valence-corrected chi connectivity index (χ0v) is 12.6. The van der Waals surface area contributed by atoms with Gasteiger partial charge >= 0.3 is 0 Å². The average Bonchev–Trinajstić information content (AvgIpc) is 1.94. The first-order chi connectivity index (χ1) is 6.63. The molecule has 0 aliphatic heterocycles. The molecule has 0 amide bonds. The summed E-state index contributed by atoms with van der Waals surface area (Å²) in [5.74, 6) is 1.79. The van der Waals surface area contributed by atoms with Crippen LogP contribution in [0.15, 0.2) is 0 Å². The molecule has 0 saturated heterocycles. The third-order valence-electron chi connectivity index (χ3n) is 1.81. The molecule has 0 aromatic rings. The van der Waals surface area contributed by atoms with E-state index >= 15 is 0 Å². The number of halogens is 1. The van der Waals surface area contributed by atoms with Gasteiger partial charge in [-0.2, -0.15) is 0 Å². The van der Waals surface area contributed by atoms with E-state index < -0.39 is 0 Å². The molecule has 0 aliphatic rings. The monoisotopic (exact) mass is 234 g/mol. The second-order valence-electron chi connectivity index (χ2n) is 6.14. The molecule has 0 aromatic heterocycles. The first kappa shape index (κ1) is 17.7. The van der Waals surface area contributed by atoms with Crippen molar-refractivity contribution >= 4 is 11.6 Å². The van der Waals surface area contributed by atoms with Crippen molar-refractivity contribution in [2.75, 3.05) is 0 Å². The number of unbranched alkanes of at least 4 members (excludes halogenated alkanes) is 1. The molecule has 0 aliphatic carbocycles. The highest BCUT2D eigenvalue weighted by molar-refractivity contribution is 6.23. The minimum Gasteiger partial charge on any atom is -0.120 e. The molecule has 0 N–H and O–H groups in total. The molecule has 15 heavy (non-hydrogen) atoms. The molecule has 0 saturated carbocycles. The van der Waals surface area contributed by atoms with Gasteiger partial charge in [0.15, 0.2) is 0 Å². The van der Waals surface area contributed by atoms with Crippen LogP contribution in [0.1, 0.15) is 74.1 Å². The summed E-state index contributed by atoms with van der Waals surface area (Å²) in [6.45, 7) is 15.1. The van der Waals surface area contributed by atoms with Crippen molar-refractivity contribution in [1.29, 1.82) is 0 Å². The number of alkyl halides is 1. The van der Waals surface area contributed by atoms with Crippen LogP contribution in [0.2, 0.25) is 0 Å². The van der Waals surface area contributed by atoms with Crippen LogP contribution in [0.3, 0.4) is 0 Å². The lowest BCUT2D eigenvalue weighted by atomic mass is 10.0. The van der Waals surface area contributed by atoms with Crippen molar-refractivity contribution in [3.8, 4) is 0 Å². The molecule has 1 heteroatoms. The standard InChI is InChI=1S/C10H22.C4H9Cl/c1-9(2)7-5-6-8-10(3)4;1-4(2,3)5/h9-10H,5-8H2,1-4H3;1-3H3. The van der Waals surface area contributed by atoms with E-state index in [1.165, 1.54) is 25.7 Å². The topological polar surface area (TPSA) is 0 Å². The summed E-state index contributed by atoms with van der Waals surface area (Å²) in [6, 6.07) is 0. The fourth-order valence-corrected chi connectivity index (χ4v) is 1.11. The van der Waals surface area contributed by atoms with Gasteiger partial charge in [0, 0.05) is 4.87 Å². The van der Waals surface area contributed by atoms with Crippen LogP contribution in [0.5, 0.6) is 0 Å². The lowest BCUT2D eigenvalue weighted by molar-refractivity contribution is 0.483. The third kappa shape index (κ3) is 40.6. The predicted molar refractivity (Wildman–Crippen MR) is 73.8 cm³/mol. The Hall–Kier alpha value is 0.290. The third-order valence-corrected chi connectivity index (χ3v) is 1.81.